The van der Waals surface area contributed by atoms with Gasteiger partial charge in [-0.2, -0.15) is 0 Å². The minimum atomic E-state index is -0.486. The molecule has 0 radical (unpaired) electrons. The Morgan fingerprint density at radius 3 is 2.24 bits per heavy atom. The van der Waals surface area contributed by atoms with E-state index >= 15 is 0 Å². The third-order valence-corrected chi connectivity index (χ3v) is 7.26. The number of rotatable bonds is 7. The molecule has 2 fully saturated rings. The lowest BCUT2D eigenvalue weighted by atomic mass is 9.90. The first-order valence-corrected chi connectivity index (χ1v) is 12.6. The average molecular weight is 514 g/mol. The van der Waals surface area contributed by atoms with Crippen LogP contribution >= 0.6 is 0 Å². The number of benzene rings is 1. The van der Waals surface area contributed by atoms with Crippen molar-refractivity contribution in [2.45, 2.75) is 44.2 Å². The topological polar surface area (TPSA) is 93.3 Å². The Bertz CT molecular complexity index is 1190. The van der Waals surface area contributed by atoms with E-state index in [1.165, 1.54) is 18.5 Å². The molecule has 8 nitrogen and oxygen atoms in total. The predicted octanol–water partition coefficient (Wildman–Crippen LogP) is 3.69. The number of nitrogens with zero attached hydrogens (tertiary/aromatic N) is 6. The molecule has 5 rings (SSSR count). The standard InChI is InChI=1S/C26H30F3N7O/c1-2-24(16-5-7-35(8-6-16)25-31-10-18(28)11-32-25)37-19-12-33-26(34-13-19)36-14-21(23(30)15-36)20-9-17(27)3-4-22(20)29/h3-4,9-13,16,21,23-24H,2,5-8,14-15,30H2,1H3. The summed E-state index contributed by atoms with van der Waals surface area (Å²) >= 11 is 0. The van der Waals surface area contributed by atoms with Crippen LogP contribution in [0.4, 0.5) is 25.1 Å². The summed E-state index contributed by atoms with van der Waals surface area (Å²) in [6.45, 7) is 4.47. The maximum atomic E-state index is 14.3. The van der Waals surface area contributed by atoms with Crippen LogP contribution in [-0.2, 0) is 0 Å². The molecule has 196 valence electrons. The molecule has 3 unspecified atom stereocenters. The molecule has 11 heteroatoms. The quantitative estimate of drug-likeness (QED) is 0.512. The number of hydrogen-bond acceptors (Lipinski definition) is 8. The second-order valence-electron chi connectivity index (χ2n) is 9.65. The van der Waals surface area contributed by atoms with Gasteiger partial charge < -0.3 is 20.3 Å². The molecule has 2 aliphatic rings. The van der Waals surface area contributed by atoms with Crippen molar-refractivity contribution in [2.24, 2.45) is 11.7 Å². The van der Waals surface area contributed by atoms with E-state index in [2.05, 4.69) is 31.8 Å². The number of ether oxygens (including phenoxy) is 1. The summed E-state index contributed by atoms with van der Waals surface area (Å²) in [7, 11) is 0. The Morgan fingerprint density at radius 1 is 0.919 bits per heavy atom. The van der Waals surface area contributed by atoms with Crippen LogP contribution in [0.3, 0.4) is 0 Å². The molecule has 3 atom stereocenters. The highest BCUT2D eigenvalue weighted by Gasteiger charge is 2.34. The number of anilines is 2. The van der Waals surface area contributed by atoms with Crippen molar-refractivity contribution in [2.75, 3.05) is 36.0 Å². The zero-order valence-electron chi connectivity index (χ0n) is 20.6. The van der Waals surface area contributed by atoms with Crippen LogP contribution in [-0.4, -0.2) is 58.3 Å². The second kappa shape index (κ2) is 10.9. The first-order valence-electron chi connectivity index (χ1n) is 12.6. The van der Waals surface area contributed by atoms with E-state index in [9.17, 15) is 13.2 Å². The molecular formula is C26H30F3N7O. The first kappa shape index (κ1) is 25.2. The van der Waals surface area contributed by atoms with Crippen molar-refractivity contribution in [1.29, 1.82) is 0 Å². The fraction of sp³-hybridized carbons (Fsp3) is 0.462. The Balaban J connectivity index is 1.18. The molecule has 1 aromatic carbocycles. The third-order valence-electron chi connectivity index (χ3n) is 7.26. The maximum absolute atomic E-state index is 14.3. The molecule has 0 amide bonds. The van der Waals surface area contributed by atoms with Crippen LogP contribution in [0.2, 0.25) is 0 Å². The van der Waals surface area contributed by atoms with E-state index in [1.54, 1.807) is 12.4 Å². The number of aromatic nitrogens is 4. The van der Waals surface area contributed by atoms with Gasteiger partial charge in [0.2, 0.25) is 11.9 Å². The normalized spacial score (nSPS) is 21.3. The third kappa shape index (κ3) is 5.61. The Morgan fingerprint density at radius 2 is 1.57 bits per heavy atom. The van der Waals surface area contributed by atoms with Gasteiger partial charge in [0.15, 0.2) is 11.6 Å². The minimum absolute atomic E-state index is 0.00581. The predicted molar refractivity (Wildman–Crippen MR) is 133 cm³/mol. The zero-order chi connectivity index (χ0) is 25.9. The molecule has 2 aromatic heterocycles. The molecule has 2 N–H and O–H groups in total. The lowest BCUT2D eigenvalue weighted by molar-refractivity contribution is 0.111. The van der Waals surface area contributed by atoms with Gasteiger partial charge in [0.05, 0.1) is 24.8 Å². The van der Waals surface area contributed by atoms with Crippen LogP contribution in [0, 0.1) is 23.4 Å². The van der Waals surface area contributed by atoms with Crippen LogP contribution in [0.25, 0.3) is 0 Å². The molecule has 2 saturated heterocycles. The van der Waals surface area contributed by atoms with Crippen LogP contribution in [0.5, 0.6) is 5.75 Å². The molecule has 2 aliphatic heterocycles. The highest BCUT2D eigenvalue weighted by molar-refractivity contribution is 5.39. The van der Waals surface area contributed by atoms with Crippen LogP contribution in [0.15, 0.2) is 43.0 Å². The largest absolute Gasteiger partial charge is 0.487 e. The van der Waals surface area contributed by atoms with Crippen LogP contribution < -0.4 is 20.3 Å². The Kier molecular flexibility index (Phi) is 7.40. The van der Waals surface area contributed by atoms with E-state index in [0.29, 0.717) is 36.7 Å². The summed E-state index contributed by atoms with van der Waals surface area (Å²) in [4.78, 5) is 21.0. The van der Waals surface area contributed by atoms with Crippen molar-refractivity contribution in [1.82, 2.24) is 19.9 Å². The van der Waals surface area contributed by atoms with Gasteiger partial charge in [0.1, 0.15) is 17.7 Å². The zero-order valence-corrected chi connectivity index (χ0v) is 20.6. The molecule has 0 saturated carbocycles. The van der Waals surface area contributed by atoms with Crippen molar-refractivity contribution in [3.05, 3.63) is 66.0 Å². The van der Waals surface area contributed by atoms with E-state index in [-0.39, 0.29) is 23.6 Å². The summed E-state index contributed by atoms with van der Waals surface area (Å²) in [5, 5.41) is 0. The molecule has 0 spiro atoms. The number of halogens is 3. The van der Waals surface area contributed by atoms with E-state index in [1.807, 2.05) is 4.90 Å². The van der Waals surface area contributed by atoms with Crippen molar-refractivity contribution in [3.8, 4) is 5.75 Å². The summed E-state index contributed by atoms with van der Waals surface area (Å²) in [5.74, 6) is 0.195. The lowest BCUT2D eigenvalue weighted by Crippen LogP contribution is -2.40. The van der Waals surface area contributed by atoms with E-state index in [4.69, 9.17) is 10.5 Å². The molecule has 0 bridgehead atoms. The van der Waals surface area contributed by atoms with Gasteiger partial charge >= 0.3 is 0 Å². The highest BCUT2D eigenvalue weighted by Crippen LogP contribution is 2.32. The van der Waals surface area contributed by atoms with Gasteiger partial charge in [0, 0.05) is 38.1 Å². The highest BCUT2D eigenvalue weighted by atomic mass is 19.1. The maximum Gasteiger partial charge on any atom is 0.225 e. The molecule has 4 heterocycles. The summed E-state index contributed by atoms with van der Waals surface area (Å²) in [6, 6.07) is 3.08. The summed E-state index contributed by atoms with van der Waals surface area (Å²) in [5.41, 5.74) is 6.54. The van der Waals surface area contributed by atoms with Gasteiger partial charge in [-0.1, -0.05) is 6.92 Å². The van der Waals surface area contributed by atoms with Crippen molar-refractivity contribution in [3.63, 3.8) is 0 Å². The van der Waals surface area contributed by atoms with Gasteiger partial charge in [-0.3, -0.25) is 0 Å². The average Bonchev–Trinajstić information content (AvgIpc) is 3.31. The fourth-order valence-electron chi connectivity index (χ4n) is 5.28. The van der Waals surface area contributed by atoms with Crippen molar-refractivity contribution >= 4 is 11.9 Å². The number of piperidine rings is 1. The molecule has 37 heavy (non-hydrogen) atoms. The van der Waals surface area contributed by atoms with Gasteiger partial charge in [0.25, 0.3) is 0 Å². The number of nitrogens with two attached hydrogens (primary N) is 1. The first-order chi connectivity index (χ1) is 17.9. The fourth-order valence-corrected chi connectivity index (χ4v) is 5.28. The Hall–Kier alpha value is -3.47. The summed E-state index contributed by atoms with van der Waals surface area (Å²) < 4.78 is 47.4. The molecule has 0 aliphatic carbocycles. The molecule has 3 aromatic rings. The van der Waals surface area contributed by atoms with Crippen LogP contribution in [0.1, 0.15) is 37.7 Å². The number of hydrogen-bond donors (Lipinski definition) is 1. The van der Waals surface area contributed by atoms with Crippen molar-refractivity contribution < 1.29 is 17.9 Å². The SMILES string of the molecule is CCC(Oc1cnc(N2CC(N)C(c3cc(F)ccc3F)C2)nc1)C1CCN(c2ncc(F)cn2)CC1. The smallest absolute Gasteiger partial charge is 0.225 e. The van der Waals surface area contributed by atoms with E-state index in [0.717, 1.165) is 44.5 Å². The summed E-state index contributed by atoms with van der Waals surface area (Å²) in [6.07, 6.45) is 8.32. The molecular weight excluding hydrogens is 483 g/mol. The van der Waals surface area contributed by atoms with Gasteiger partial charge in [-0.05, 0) is 48.9 Å². The van der Waals surface area contributed by atoms with Gasteiger partial charge in [-0.25, -0.2) is 33.1 Å². The van der Waals surface area contributed by atoms with E-state index < -0.39 is 17.5 Å². The minimum Gasteiger partial charge on any atom is -0.487 e. The van der Waals surface area contributed by atoms with Gasteiger partial charge in [-0.15, -0.1) is 0 Å². The lowest BCUT2D eigenvalue weighted by Gasteiger charge is -2.35. The monoisotopic (exact) mass is 513 g/mol. The second-order valence-corrected chi connectivity index (χ2v) is 9.65. The Labute approximate surface area is 213 Å².